The molecule has 0 spiro atoms. The molecule has 1 aromatic rings. The number of carbonyl (C=O) groups is 1. The Morgan fingerprint density at radius 2 is 1.81 bits per heavy atom. The summed E-state index contributed by atoms with van der Waals surface area (Å²) in [4.78, 5) is 11.1. The summed E-state index contributed by atoms with van der Waals surface area (Å²) in [5.74, 6) is -1.29. The van der Waals surface area contributed by atoms with Gasteiger partial charge in [0.05, 0.1) is 6.61 Å². The maximum Gasteiger partial charge on any atom is 0.339 e. The summed E-state index contributed by atoms with van der Waals surface area (Å²) < 4.78 is 10.4. The zero-order valence-corrected chi connectivity index (χ0v) is 10.9. The van der Waals surface area contributed by atoms with E-state index in [4.69, 9.17) is 19.7 Å². The Kier molecular flexibility index (Phi) is 4.76. The molecule has 0 radical (unpaired) electrons. The predicted molar refractivity (Wildman–Crippen MR) is 67.8 cm³/mol. The molecule has 8 nitrogen and oxygen atoms in total. The van der Waals surface area contributed by atoms with Crippen LogP contribution in [-0.4, -0.2) is 68.8 Å². The molecule has 0 bridgehead atoms. The highest BCUT2D eigenvalue weighted by Gasteiger charge is 2.44. The summed E-state index contributed by atoms with van der Waals surface area (Å²) in [6.45, 7) is -0.592. The molecule has 0 unspecified atom stereocenters. The molecule has 1 saturated heterocycles. The SMILES string of the molecule is O=C(O)c1ccccc1O[C@@H]1O[C@H](CO)[C@@H](O)[C@H](O)[C@@H]1O. The van der Waals surface area contributed by atoms with Crippen LogP contribution in [0.15, 0.2) is 24.3 Å². The zero-order valence-electron chi connectivity index (χ0n) is 10.9. The first-order valence-electron chi connectivity index (χ1n) is 6.25. The van der Waals surface area contributed by atoms with E-state index in [1.54, 1.807) is 0 Å². The fourth-order valence-electron chi connectivity index (χ4n) is 2.04. The van der Waals surface area contributed by atoms with Gasteiger partial charge in [-0.1, -0.05) is 12.1 Å². The molecule has 0 saturated carbocycles. The number of carboxylic acids is 1. The summed E-state index contributed by atoms with van der Waals surface area (Å²) in [5.41, 5.74) is -0.144. The van der Waals surface area contributed by atoms with E-state index in [1.165, 1.54) is 24.3 Å². The summed E-state index contributed by atoms with van der Waals surface area (Å²) >= 11 is 0. The molecule has 1 heterocycles. The van der Waals surface area contributed by atoms with Crippen molar-refractivity contribution < 1.29 is 39.8 Å². The monoisotopic (exact) mass is 300 g/mol. The number of rotatable bonds is 4. The number of aliphatic hydroxyl groups excluding tert-OH is 4. The molecule has 0 aromatic heterocycles. The number of ether oxygens (including phenoxy) is 2. The minimum Gasteiger partial charge on any atom is -0.478 e. The van der Waals surface area contributed by atoms with Gasteiger partial charge in [-0.2, -0.15) is 0 Å². The van der Waals surface area contributed by atoms with Gasteiger partial charge in [0.1, 0.15) is 35.7 Å². The largest absolute Gasteiger partial charge is 0.478 e. The molecule has 1 aromatic carbocycles. The van der Waals surface area contributed by atoms with Gasteiger partial charge in [0.25, 0.3) is 0 Å². The van der Waals surface area contributed by atoms with E-state index in [2.05, 4.69) is 0 Å². The molecular formula is C13H16O8. The maximum atomic E-state index is 11.1. The van der Waals surface area contributed by atoms with Crippen molar-refractivity contribution in [2.45, 2.75) is 30.7 Å². The standard InChI is InChI=1S/C13H16O8/c14-5-8-9(15)10(16)11(17)13(21-8)20-7-4-2-1-3-6(7)12(18)19/h1-4,8-11,13-17H,5H2,(H,18,19)/t8-,9-,10+,11+,13-/m1/s1. The maximum absolute atomic E-state index is 11.1. The van der Waals surface area contributed by atoms with Crippen molar-refractivity contribution in [2.75, 3.05) is 6.61 Å². The normalized spacial score (nSPS) is 32.7. The topological polar surface area (TPSA) is 137 Å². The Bertz CT molecular complexity index is 503. The summed E-state index contributed by atoms with van der Waals surface area (Å²) in [6.07, 6.45) is -7.21. The molecule has 2 rings (SSSR count). The predicted octanol–water partition coefficient (Wildman–Crippen LogP) is -1.44. The lowest BCUT2D eigenvalue weighted by Gasteiger charge is -2.39. The second kappa shape index (κ2) is 6.37. The lowest BCUT2D eigenvalue weighted by Crippen LogP contribution is -2.60. The van der Waals surface area contributed by atoms with E-state index in [-0.39, 0.29) is 11.3 Å². The number of hydrogen-bond acceptors (Lipinski definition) is 7. The van der Waals surface area contributed by atoms with Gasteiger partial charge in [0.2, 0.25) is 6.29 Å². The molecule has 116 valence electrons. The number of carboxylic acid groups (broad SMARTS) is 1. The van der Waals surface area contributed by atoms with Crippen LogP contribution in [0.25, 0.3) is 0 Å². The van der Waals surface area contributed by atoms with Crippen LogP contribution in [0.2, 0.25) is 0 Å². The quantitative estimate of drug-likeness (QED) is 0.456. The van der Waals surface area contributed by atoms with Crippen molar-refractivity contribution in [2.24, 2.45) is 0 Å². The van der Waals surface area contributed by atoms with Gasteiger partial charge in [0, 0.05) is 0 Å². The highest BCUT2D eigenvalue weighted by atomic mass is 16.7. The minimum absolute atomic E-state index is 0.0608. The molecular weight excluding hydrogens is 284 g/mol. The lowest BCUT2D eigenvalue weighted by molar-refractivity contribution is -0.277. The van der Waals surface area contributed by atoms with Gasteiger partial charge >= 0.3 is 5.97 Å². The second-order valence-electron chi connectivity index (χ2n) is 4.62. The van der Waals surface area contributed by atoms with E-state index in [0.717, 1.165) is 0 Å². The fourth-order valence-corrected chi connectivity index (χ4v) is 2.04. The van der Waals surface area contributed by atoms with Crippen LogP contribution < -0.4 is 4.74 Å². The highest BCUT2D eigenvalue weighted by Crippen LogP contribution is 2.26. The molecule has 1 aliphatic heterocycles. The fraction of sp³-hybridized carbons (Fsp3) is 0.462. The molecule has 5 atom stereocenters. The van der Waals surface area contributed by atoms with Gasteiger partial charge in [-0.05, 0) is 12.1 Å². The van der Waals surface area contributed by atoms with Gasteiger partial charge in [-0.3, -0.25) is 0 Å². The highest BCUT2D eigenvalue weighted by molar-refractivity contribution is 5.90. The number of aliphatic hydroxyl groups is 4. The van der Waals surface area contributed by atoms with Crippen molar-refractivity contribution in [3.8, 4) is 5.75 Å². The molecule has 5 N–H and O–H groups in total. The molecule has 21 heavy (non-hydrogen) atoms. The van der Waals surface area contributed by atoms with E-state index in [9.17, 15) is 20.1 Å². The number of benzene rings is 1. The average molecular weight is 300 g/mol. The van der Waals surface area contributed by atoms with Crippen molar-refractivity contribution in [3.63, 3.8) is 0 Å². The van der Waals surface area contributed by atoms with Crippen LogP contribution in [-0.2, 0) is 4.74 Å². The van der Waals surface area contributed by atoms with Gasteiger partial charge in [0.15, 0.2) is 0 Å². The van der Waals surface area contributed by atoms with Gasteiger partial charge in [-0.15, -0.1) is 0 Å². The zero-order chi connectivity index (χ0) is 15.6. The first kappa shape index (κ1) is 15.7. The third-order valence-electron chi connectivity index (χ3n) is 3.21. The number of aromatic carboxylic acids is 1. The second-order valence-corrected chi connectivity index (χ2v) is 4.62. The van der Waals surface area contributed by atoms with Crippen molar-refractivity contribution >= 4 is 5.97 Å². The Morgan fingerprint density at radius 1 is 1.14 bits per heavy atom. The van der Waals surface area contributed by atoms with Gasteiger partial charge in [-0.25, -0.2) is 4.79 Å². The van der Waals surface area contributed by atoms with Crippen LogP contribution in [0.1, 0.15) is 10.4 Å². The van der Waals surface area contributed by atoms with Crippen LogP contribution in [0, 0.1) is 0 Å². The molecule has 1 fully saturated rings. The average Bonchev–Trinajstić information content (AvgIpc) is 2.48. The van der Waals surface area contributed by atoms with Crippen molar-refractivity contribution in [1.29, 1.82) is 0 Å². The molecule has 0 aliphatic carbocycles. The van der Waals surface area contributed by atoms with E-state index in [1.807, 2.05) is 0 Å². The number of hydrogen-bond donors (Lipinski definition) is 5. The minimum atomic E-state index is -1.59. The molecule has 0 amide bonds. The van der Waals surface area contributed by atoms with E-state index >= 15 is 0 Å². The molecule has 8 heteroatoms. The first-order valence-corrected chi connectivity index (χ1v) is 6.25. The number of para-hydroxylation sites is 1. The summed E-state index contributed by atoms with van der Waals surface area (Å²) in [6, 6.07) is 5.71. The van der Waals surface area contributed by atoms with Crippen LogP contribution in [0.4, 0.5) is 0 Å². The van der Waals surface area contributed by atoms with Gasteiger partial charge < -0.3 is 35.0 Å². The first-order chi connectivity index (χ1) is 9.95. The van der Waals surface area contributed by atoms with E-state index in [0.29, 0.717) is 0 Å². The third kappa shape index (κ3) is 3.14. The Labute approximate surface area is 119 Å². The molecule has 1 aliphatic rings. The summed E-state index contributed by atoms with van der Waals surface area (Å²) in [5, 5.41) is 47.2. The van der Waals surface area contributed by atoms with Crippen LogP contribution in [0.3, 0.4) is 0 Å². The van der Waals surface area contributed by atoms with Crippen molar-refractivity contribution in [1.82, 2.24) is 0 Å². The van der Waals surface area contributed by atoms with Crippen molar-refractivity contribution in [3.05, 3.63) is 29.8 Å². The Morgan fingerprint density at radius 3 is 2.43 bits per heavy atom. The van der Waals surface area contributed by atoms with E-state index < -0.39 is 43.3 Å². The lowest BCUT2D eigenvalue weighted by atomic mass is 9.99. The third-order valence-corrected chi connectivity index (χ3v) is 3.21. The van der Waals surface area contributed by atoms with Crippen LogP contribution >= 0.6 is 0 Å². The smallest absolute Gasteiger partial charge is 0.339 e. The summed E-state index contributed by atoms with van der Waals surface area (Å²) in [7, 11) is 0. The van der Waals surface area contributed by atoms with Crippen LogP contribution in [0.5, 0.6) is 5.75 Å². The Balaban J connectivity index is 2.20. The Hall–Kier alpha value is -1.71.